The number of hydrogen-bond donors (Lipinski definition) is 2. The molecule has 1 aliphatic rings. The number of aromatic amines is 1. The third-order valence-electron chi connectivity index (χ3n) is 5.85. The van der Waals surface area contributed by atoms with Gasteiger partial charge >= 0.3 is 12.1 Å². The first-order valence-corrected chi connectivity index (χ1v) is 11.9. The topological polar surface area (TPSA) is 79.5 Å². The van der Waals surface area contributed by atoms with Crippen LogP contribution in [0.3, 0.4) is 0 Å². The summed E-state index contributed by atoms with van der Waals surface area (Å²) in [4.78, 5) is 20.8. The van der Waals surface area contributed by atoms with Crippen LogP contribution in [0.25, 0.3) is 11.4 Å². The van der Waals surface area contributed by atoms with Gasteiger partial charge in [-0.25, -0.2) is 9.37 Å². The third-order valence-corrected chi connectivity index (χ3v) is 6.14. The van der Waals surface area contributed by atoms with Crippen LogP contribution >= 0.6 is 11.6 Å². The molecular weight excluding hydrogens is 528 g/mol. The highest BCUT2D eigenvalue weighted by Gasteiger charge is 2.33. The Kier molecular flexibility index (Phi) is 8.56. The molecule has 200 valence electrons. The molecule has 2 heterocycles. The number of ether oxygens (including phenoxy) is 2. The highest BCUT2D eigenvalue weighted by Crippen LogP contribution is 2.33. The Morgan fingerprint density at radius 1 is 1.29 bits per heavy atom. The van der Waals surface area contributed by atoms with Gasteiger partial charge in [0.05, 0.1) is 23.0 Å². The number of anilines is 1. The van der Waals surface area contributed by atoms with Crippen molar-refractivity contribution in [1.29, 1.82) is 0 Å². The van der Waals surface area contributed by atoms with E-state index in [1.807, 2.05) is 0 Å². The quantitative estimate of drug-likeness (QED) is 0.320. The molecule has 7 nitrogen and oxygen atoms in total. The second-order valence-corrected chi connectivity index (χ2v) is 8.89. The van der Waals surface area contributed by atoms with E-state index >= 15 is 0 Å². The Hall–Kier alpha value is -3.59. The average molecular weight is 551 g/mol. The Balaban J connectivity index is 1.52. The van der Waals surface area contributed by atoms with Gasteiger partial charge in [0.1, 0.15) is 29.7 Å². The molecule has 38 heavy (non-hydrogen) atoms. The minimum Gasteiger partial charge on any atom is -0.490 e. The zero-order chi connectivity index (χ0) is 27.3. The Bertz CT molecular complexity index is 1370. The van der Waals surface area contributed by atoms with E-state index in [4.69, 9.17) is 21.1 Å². The van der Waals surface area contributed by atoms with E-state index in [0.717, 1.165) is 25.6 Å². The fourth-order valence-electron chi connectivity index (χ4n) is 3.85. The summed E-state index contributed by atoms with van der Waals surface area (Å²) in [7, 11) is 1.67. The molecular formula is C26H23ClF4N4O3. The van der Waals surface area contributed by atoms with Crippen LogP contribution in [-0.2, 0) is 15.7 Å². The molecule has 1 fully saturated rings. The summed E-state index contributed by atoms with van der Waals surface area (Å²) < 4.78 is 63.7. The first-order valence-electron chi connectivity index (χ1n) is 11.5. The van der Waals surface area contributed by atoms with E-state index in [0.29, 0.717) is 36.2 Å². The zero-order valence-corrected chi connectivity index (χ0v) is 20.9. The third kappa shape index (κ3) is 7.04. The van der Waals surface area contributed by atoms with E-state index in [9.17, 15) is 22.4 Å². The lowest BCUT2D eigenvalue weighted by Gasteiger charge is -2.17. The fourth-order valence-corrected chi connectivity index (χ4v) is 4.03. The minimum atomic E-state index is -4.58. The highest BCUT2D eigenvalue weighted by molar-refractivity contribution is 6.30. The molecule has 12 heteroatoms. The van der Waals surface area contributed by atoms with Gasteiger partial charge in [-0.2, -0.15) is 13.2 Å². The number of amides is 1. The smallest absolute Gasteiger partial charge is 0.432 e. The molecule has 4 rings (SSSR count). The molecule has 0 saturated carbocycles. The van der Waals surface area contributed by atoms with Crippen molar-refractivity contribution in [3.05, 3.63) is 64.7 Å². The van der Waals surface area contributed by atoms with Crippen LogP contribution in [-0.4, -0.2) is 60.2 Å². The minimum absolute atomic E-state index is 0.0333. The molecule has 0 spiro atoms. The van der Waals surface area contributed by atoms with Crippen LogP contribution in [0.15, 0.2) is 42.6 Å². The van der Waals surface area contributed by atoms with Gasteiger partial charge in [-0.1, -0.05) is 17.5 Å². The summed E-state index contributed by atoms with van der Waals surface area (Å²) >= 11 is 5.75. The summed E-state index contributed by atoms with van der Waals surface area (Å²) in [6.45, 7) is 2.57. The largest absolute Gasteiger partial charge is 0.490 e. The van der Waals surface area contributed by atoms with Crippen molar-refractivity contribution < 1.29 is 31.8 Å². The average Bonchev–Trinajstić information content (AvgIpc) is 3.56. The number of imidazole rings is 1. The standard InChI is InChI=1S/C26H23ClF4N4O3/c1-37-18-8-9-35(15-18)10-11-38-22-6-4-17(25-32-14-23(34-25)26(29,30)31)13-21(22)33-24(36)7-3-16-2-5-20(28)19(27)12-16/h2,4-6,12-14,18H,8-11,15H2,1H3,(H,32,34)(H,33,36). The van der Waals surface area contributed by atoms with E-state index in [2.05, 4.69) is 32.0 Å². The molecule has 2 N–H and O–H groups in total. The predicted molar refractivity (Wildman–Crippen MR) is 133 cm³/mol. The second-order valence-electron chi connectivity index (χ2n) is 8.48. The Labute approximate surface area is 221 Å². The lowest BCUT2D eigenvalue weighted by Crippen LogP contribution is -2.27. The van der Waals surface area contributed by atoms with Gasteiger partial charge in [0.2, 0.25) is 0 Å². The van der Waals surface area contributed by atoms with Gasteiger partial charge in [0.25, 0.3) is 0 Å². The van der Waals surface area contributed by atoms with Gasteiger partial charge in [-0.05, 0) is 42.8 Å². The van der Waals surface area contributed by atoms with Gasteiger partial charge in [-0.15, -0.1) is 0 Å². The van der Waals surface area contributed by atoms with E-state index in [-0.39, 0.29) is 22.6 Å². The molecule has 1 atom stereocenters. The monoisotopic (exact) mass is 550 g/mol. The second kappa shape index (κ2) is 11.9. The predicted octanol–water partition coefficient (Wildman–Crippen LogP) is 4.98. The van der Waals surface area contributed by atoms with Crippen molar-refractivity contribution >= 4 is 23.2 Å². The molecule has 1 aromatic heterocycles. The maximum absolute atomic E-state index is 13.4. The number of likely N-dealkylation sites (tertiary alicyclic amines) is 1. The molecule has 0 radical (unpaired) electrons. The number of carbonyl (C=O) groups is 1. The number of carbonyl (C=O) groups excluding carboxylic acids is 1. The number of nitrogens with one attached hydrogen (secondary N) is 2. The molecule has 0 aliphatic carbocycles. The molecule has 1 saturated heterocycles. The van der Waals surface area contributed by atoms with Crippen molar-refractivity contribution in [2.45, 2.75) is 18.7 Å². The number of aromatic nitrogens is 2. The molecule has 1 aliphatic heterocycles. The summed E-state index contributed by atoms with van der Waals surface area (Å²) in [6, 6.07) is 8.31. The molecule has 0 bridgehead atoms. The number of benzene rings is 2. The van der Waals surface area contributed by atoms with Gasteiger partial charge in [-0.3, -0.25) is 9.69 Å². The lowest BCUT2D eigenvalue weighted by molar-refractivity contribution is -0.140. The van der Waals surface area contributed by atoms with Crippen molar-refractivity contribution in [1.82, 2.24) is 14.9 Å². The van der Waals surface area contributed by atoms with Crippen LogP contribution in [0.4, 0.5) is 23.2 Å². The number of rotatable bonds is 7. The Morgan fingerprint density at radius 2 is 2.11 bits per heavy atom. The molecule has 1 unspecified atom stereocenters. The summed E-state index contributed by atoms with van der Waals surface area (Å²) in [5, 5.41) is 2.47. The summed E-state index contributed by atoms with van der Waals surface area (Å²) in [5.41, 5.74) is -0.182. The van der Waals surface area contributed by atoms with Crippen LogP contribution in [0.5, 0.6) is 5.75 Å². The van der Waals surface area contributed by atoms with Crippen molar-refractivity contribution in [2.75, 3.05) is 38.7 Å². The number of H-pyrrole nitrogens is 1. The number of halogens is 5. The molecule has 3 aromatic rings. The highest BCUT2D eigenvalue weighted by atomic mass is 35.5. The van der Waals surface area contributed by atoms with Crippen molar-refractivity contribution in [3.8, 4) is 29.0 Å². The molecule has 1 amide bonds. The number of hydrogen-bond acceptors (Lipinski definition) is 5. The maximum Gasteiger partial charge on any atom is 0.432 e. The lowest BCUT2D eigenvalue weighted by atomic mass is 10.1. The SMILES string of the molecule is COC1CCN(CCOc2ccc(-c3ncc(C(F)(F)F)[nH]3)cc2NC(=O)C#Cc2ccc(F)c(Cl)c2)C1. The maximum atomic E-state index is 13.4. The van der Waals surface area contributed by atoms with Crippen molar-refractivity contribution in [2.24, 2.45) is 0 Å². The van der Waals surface area contributed by atoms with Gasteiger partial charge < -0.3 is 19.8 Å². The number of nitrogens with zero attached hydrogens (tertiary/aromatic N) is 2. The summed E-state index contributed by atoms with van der Waals surface area (Å²) in [5.74, 6) is 3.92. The van der Waals surface area contributed by atoms with Crippen LogP contribution < -0.4 is 10.1 Å². The zero-order valence-electron chi connectivity index (χ0n) is 20.2. The van der Waals surface area contributed by atoms with Gasteiger partial charge in [0, 0.05) is 43.8 Å². The van der Waals surface area contributed by atoms with Crippen molar-refractivity contribution in [3.63, 3.8) is 0 Å². The number of methoxy groups -OCH3 is 1. The first-order chi connectivity index (χ1) is 18.1. The normalized spacial score (nSPS) is 15.7. The van der Waals surface area contributed by atoms with E-state index < -0.39 is 23.6 Å². The fraction of sp³-hybridized carbons (Fsp3) is 0.308. The Morgan fingerprint density at radius 3 is 2.79 bits per heavy atom. The van der Waals surface area contributed by atoms with Gasteiger partial charge in [0.15, 0.2) is 0 Å². The van der Waals surface area contributed by atoms with E-state index in [1.54, 1.807) is 7.11 Å². The number of alkyl halides is 3. The van der Waals surface area contributed by atoms with Crippen LogP contribution in [0, 0.1) is 17.7 Å². The van der Waals surface area contributed by atoms with Crippen LogP contribution in [0.1, 0.15) is 17.7 Å². The van der Waals surface area contributed by atoms with E-state index in [1.165, 1.54) is 30.3 Å². The summed E-state index contributed by atoms with van der Waals surface area (Å²) in [6.07, 6.45) is -2.79. The molecule has 2 aromatic carbocycles. The first kappa shape index (κ1) is 27.4. The van der Waals surface area contributed by atoms with Crippen LogP contribution in [0.2, 0.25) is 5.02 Å².